The highest BCUT2D eigenvalue weighted by molar-refractivity contribution is 5.97. The van der Waals surface area contributed by atoms with Gasteiger partial charge in [-0.25, -0.2) is 0 Å². The van der Waals surface area contributed by atoms with Crippen LogP contribution in [0.4, 0.5) is 0 Å². The first-order valence-corrected chi connectivity index (χ1v) is 9.67. The standard InChI is InChI=1S/C23H22N4O2/c1-2-24-22(28)8-5-15-3-6-16(7-4-15)20-13-17(9-11-25-20)21-14-18-19(27-21)10-12-26-23(18)29/h3-9,11,13-14,27H,2,10,12H2,1H3,(H,24,28)(H,26,29). The lowest BCUT2D eigenvalue weighted by molar-refractivity contribution is -0.116. The maximum atomic E-state index is 12.0. The van der Waals surface area contributed by atoms with Crippen molar-refractivity contribution in [2.75, 3.05) is 13.1 Å². The third-order valence-electron chi connectivity index (χ3n) is 4.86. The third kappa shape index (κ3) is 4.11. The summed E-state index contributed by atoms with van der Waals surface area (Å²) in [6.45, 7) is 3.16. The summed E-state index contributed by atoms with van der Waals surface area (Å²) in [7, 11) is 0. The average Bonchev–Trinajstić information content (AvgIpc) is 3.19. The number of pyridine rings is 1. The highest BCUT2D eigenvalue weighted by atomic mass is 16.2. The van der Waals surface area contributed by atoms with Crippen molar-refractivity contribution in [3.05, 3.63) is 71.6 Å². The minimum Gasteiger partial charge on any atom is -0.358 e. The summed E-state index contributed by atoms with van der Waals surface area (Å²) < 4.78 is 0. The number of H-pyrrole nitrogens is 1. The van der Waals surface area contributed by atoms with Gasteiger partial charge in [0.2, 0.25) is 5.91 Å². The molecule has 146 valence electrons. The Morgan fingerprint density at radius 2 is 2.00 bits per heavy atom. The van der Waals surface area contributed by atoms with Gasteiger partial charge in [0.25, 0.3) is 5.91 Å². The van der Waals surface area contributed by atoms with Crippen LogP contribution in [0, 0.1) is 0 Å². The molecule has 1 aliphatic rings. The summed E-state index contributed by atoms with van der Waals surface area (Å²) in [6, 6.07) is 13.7. The molecular formula is C23H22N4O2. The number of hydrogen-bond acceptors (Lipinski definition) is 3. The Labute approximate surface area is 169 Å². The van der Waals surface area contributed by atoms with Crippen molar-refractivity contribution in [3.8, 4) is 22.5 Å². The largest absolute Gasteiger partial charge is 0.358 e. The van der Waals surface area contributed by atoms with E-state index in [9.17, 15) is 9.59 Å². The summed E-state index contributed by atoms with van der Waals surface area (Å²) in [5.74, 6) is -0.132. The van der Waals surface area contributed by atoms with Gasteiger partial charge >= 0.3 is 0 Å². The number of carbonyl (C=O) groups is 2. The molecule has 0 aliphatic carbocycles. The fourth-order valence-electron chi connectivity index (χ4n) is 3.37. The monoisotopic (exact) mass is 386 g/mol. The quantitative estimate of drug-likeness (QED) is 0.589. The molecule has 3 aromatic rings. The molecule has 0 bridgehead atoms. The molecule has 0 atom stereocenters. The number of carbonyl (C=O) groups excluding carboxylic acids is 2. The Balaban J connectivity index is 1.56. The first-order chi connectivity index (χ1) is 14.1. The number of aromatic nitrogens is 2. The molecule has 0 saturated carbocycles. The second-order valence-electron chi connectivity index (χ2n) is 6.86. The number of rotatable bonds is 5. The van der Waals surface area contributed by atoms with Gasteiger partial charge in [-0.2, -0.15) is 0 Å². The van der Waals surface area contributed by atoms with E-state index in [4.69, 9.17) is 0 Å². The smallest absolute Gasteiger partial charge is 0.253 e. The fourth-order valence-corrected chi connectivity index (χ4v) is 3.37. The molecule has 4 rings (SSSR count). The lowest BCUT2D eigenvalue weighted by atomic mass is 10.0. The van der Waals surface area contributed by atoms with Crippen molar-refractivity contribution >= 4 is 17.9 Å². The summed E-state index contributed by atoms with van der Waals surface area (Å²) in [5.41, 5.74) is 6.36. The summed E-state index contributed by atoms with van der Waals surface area (Å²) in [4.78, 5) is 31.4. The molecule has 6 nitrogen and oxygen atoms in total. The zero-order valence-electron chi connectivity index (χ0n) is 16.2. The van der Waals surface area contributed by atoms with Gasteiger partial charge in [-0.1, -0.05) is 24.3 Å². The molecule has 1 aliphatic heterocycles. The van der Waals surface area contributed by atoms with Gasteiger partial charge in [0.15, 0.2) is 0 Å². The van der Waals surface area contributed by atoms with Crippen molar-refractivity contribution in [2.24, 2.45) is 0 Å². The Morgan fingerprint density at radius 3 is 2.76 bits per heavy atom. The van der Waals surface area contributed by atoms with Crippen LogP contribution < -0.4 is 10.6 Å². The molecule has 29 heavy (non-hydrogen) atoms. The Kier molecular flexibility index (Phi) is 5.24. The van der Waals surface area contributed by atoms with Crippen LogP contribution in [0.15, 0.2) is 54.7 Å². The van der Waals surface area contributed by atoms with Gasteiger partial charge in [0.05, 0.1) is 11.3 Å². The van der Waals surface area contributed by atoms with Gasteiger partial charge in [-0.3, -0.25) is 14.6 Å². The fraction of sp³-hybridized carbons (Fsp3) is 0.174. The number of benzene rings is 1. The molecule has 3 N–H and O–H groups in total. The van der Waals surface area contributed by atoms with Crippen molar-refractivity contribution in [1.82, 2.24) is 20.6 Å². The first-order valence-electron chi connectivity index (χ1n) is 9.67. The molecule has 0 fully saturated rings. The maximum Gasteiger partial charge on any atom is 0.253 e. The van der Waals surface area contributed by atoms with Crippen LogP contribution >= 0.6 is 0 Å². The van der Waals surface area contributed by atoms with Crippen LogP contribution in [0.5, 0.6) is 0 Å². The van der Waals surface area contributed by atoms with Gasteiger partial charge < -0.3 is 15.6 Å². The zero-order chi connectivity index (χ0) is 20.2. The minimum atomic E-state index is -0.103. The molecular weight excluding hydrogens is 364 g/mol. The first kappa shape index (κ1) is 18.7. The van der Waals surface area contributed by atoms with E-state index < -0.39 is 0 Å². The normalized spacial score (nSPS) is 13.2. The van der Waals surface area contributed by atoms with Crippen LogP contribution in [0.3, 0.4) is 0 Å². The lowest BCUT2D eigenvalue weighted by Crippen LogP contribution is -2.31. The maximum absolute atomic E-state index is 12.0. The second-order valence-corrected chi connectivity index (χ2v) is 6.86. The van der Waals surface area contributed by atoms with E-state index in [1.165, 1.54) is 6.08 Å². The SMILES string of the molecule is CCNC(=O)C=Cc1ccc(-c2cc(-c3cc4c([nH]3)CCNC4=O)ccn2)cc1. The third-order valence-corrected chi connectivity index (χ3v) is 4.86. The van der Waals surface area contributed by atoms with E-state index in [1.807, 2.05) is 49.4 Å². The molecule has 0 spiro atoms. The molecule has 1 aromatic carbocycles. The number of aromatic amines is 1. The Bertz CT molecular complexity index is 1080. The number of nitrogens with zero attached hydrogens (tertiary/aromatic N) is 1. The number of amides is 2. The van der Waals surface area contributed by atoms with Crippen molar-refractivity contribution in [2.45, 2.75) is 13.3 Å². The molecule has 0 saturated heterocycles. The van der Waals surface area contributed by atoms with Gasteiger partial charge in [0, 0.05) is 54.3 Å². The minimum absolute atomic E-state index is 0.0284. The topological polar surface area (TPSA) is 86.9 Å². The summed E-state index contributed by atoms with van der Waals surface area (Å²) >= 11 is 0. The van der Waals surface area contributed by atoms with E-state index in [1.54, 1.807) is 12.3 Å². The van der Waals surface area contributed by atoms with Gasteiger partial charge in [0.1, 0.15) is 0 Å². The lowest BCUT2D eigenvalue weighted by Gasteiger charge is -2.10. The molecule has 3 heterocycles. The van der Waals surface area contributed by atoms with Crippen molar-refractivity contribution in [3.63, 3.8) is 0 Å². The highest BCUT2D eigenvalue weighted by Crippen LogP contribution is 2.27. The van der Waals surface area contributed by atoms with Crippen LogP contribution in [-0.4, -0.2) is 34.9 Å². The van der Waals surface area contributed by atoms with E-state index in [-0.39, 0.29) is 11.8 Å². The Morgan fingerprint density at radius 1 is 1.17 bits per heavy atom. The highest BCUT2D eigenvalue weighted by Gasteiger charge is 2.20. The van der Waals surface area contributed by atoms with Crippen molar-refractivity contribution < 1.29 is 9.59 Å². The molecule has 2 aromatic heterocycles. The number of hydrogen-bond donors (Lipinski definition) is 3. The summed E-state index contributed by atoms with van der Waals surface area (Å²) in [5, 5.41) is 5.60. The number of nitrogens with one attached hydrogen (secondary N) is 3. The van der Waals surface area contributed by atoms with E-state index in [0.717, 1.165) is 40.2 Å². The van der Waals surface area contributed by atoms with Gasteiger partial charge in [-0.15, -0.1) is 0 Å². The molecule has 0 unspecified atom stereocenters. The van der Waals surface area contributed by atoms with Gasteiger partial charge in [-0.05, 0) is 36.8 Å². The number of fused-ring (bicyclic) bond motifs is 1. The zero-order valence-corrected chi connectivity index (χ0v) is 16.2. The van der Waals surface area contributed by atoms with Crippen molar-refractivity contribution in [1.29, 1.82) is 0 Å². The molecule has 0 radical (unpaired) electrons. The predicted molar refractivity (Wildman–Crippen MR) is 113 cm³/mol. The Hall–Kier alpha value is -3.67. The molecule has 2 amide bonds. The van der Waals surface area contributed by atoms with Crippen LogP contribution in [-0.2, 0) is 11.2 Å². The van der Waals surface area contributed by atoms with E-state index in [2.05, 4.69) is 20.6 Å². The van der Waals surface area contributed by atoms with Crippen LogP contribution in [0.1, 0.15) is 28.5 Å². The second kappa shape index (κ2) is 8.14. The van der Waals surface area contributed by atoms with Crippen LogP contribution in [0.2, 0.25) is 0 Å². The average molecular weight is 386 g/mol. The summed E-state index contributed by atoms with van der Waals surface area (Å²) in [6.07, 6.45) is 5.89. The molecule has 6 heteroatoms. The number of likely N-dealkylation sites (N-methyl/N-ethyl adjacent to an activating group) is 1. The van der Waals surface area contributed by atoms with Crippen LogP contribution in [0.25, 0.3) is 28.6 Å². The van der Waals surface area contributed by atoms with E-state index in [0.29, 0.717) is 18.7 Å². The predicted octanol–water partition coefficient (Wildman–Crippen LogP) is 3.18. The van der Waals surface area contributed by atoms with E-state index >= 15 is 0 Å².